The summed E-state index contributed by atoms with van der Waals surface area (Å²) in [5, 5.41) is 5.82. The van der Waals surface area contributed by atoms with E-state index in [4.69, 9.17) is 11.6 Å². The van der Waals surface area contributed by atoms with Gasteiger partial charge in [-0.3, -0.25) is 14.6 Å². The number of hydrogen-bond donors (Lipinski definition) is 2. The fourth-order valence-corrected chi connectivity index (χ4v) is 2.08. The minimum Gasteiger partial charge on any atom is -0.326 e. The SMILES string of the molecule is CC(=O)Nc1ccc(Cl)c(NC(=O)CCc2cccnc2)c1. The number of aromatic nitrogens is 1. The third-order valence-corrected chi connectivity index (χ3v) is 3.25. The van der Waals surface area contributed by atoms with Gasteiger partial charge in [-0.05, 0) is 36.2 Å². The van der Waals surface area contributed by atoms with Crippen LogP contribution in [0, 0.1) is 0 Å². The van der Waals surface area contributed by atoms with Gasteiger partial charge in [0.2, 0.25) is 11.8 Å². The fourth-order valence-electron chi connectivity index (χ4n) is 1.92. The number of halogens is 1. The van der Waals surface area contributed by atoms with Crippen molar-refractivity contribution in [1.29, 1.82) is 0 Å². The van der Waals surface area contributed by atoms with Crippen molar-refractivity contribution in [2.75, 3.05) is 10.6 Å². The molecule has 0 bridgehead atoms. The molecule has 6 heteroatoms. The van der Waals surface area contributed by atoms with Gasteiger partial charge in [0.05, 0.1) is 10.7 Å². The Kier molecular flexibility index (Phi) is 5.49. The van der Waals surface area contributed by atoms with Crippen LogP contribution in [-0.4, -0.2) is 16.8 Å². The Morgan fingerprint density at radius 1 is 1.23 bits per heavy atom. The third-order valence-electron chi connectivity index (χ3n) is 2.92. The summed E-state index contributed by atoms with van der Waals surface area (Å²) in [5.74, 6) is -0.332. The van der Waals surface area contributed by atoms with Crippen LogP contribution in [0.5, 0.6) is 0 Å². The molecule has 1 aromatic heterocycles. The molecule has 0 aliphatic carbocycles. The van der Waals surface area contributed by atoms with Gasteiger partial charge in [0.1, 0.15) is 0 Å². The van der Waals surface area contributed by atoms with E-state index in [0.717, 1.165) is 5.56 Å². The number of hydrogen-bond acceptors (Lipinski definition) is 3. The molecule has 2 N–H and O–H groups in total. The van der Waals surface area contributed by atoms with Gasteiger partial charge in [0.15, 0.2) is 0 Å². The van der Waals surface area contributed by atoms with Crippen LogP contribution in [0.4, 0.5) is 11.4 Å². The smallest absolute Gasteiger partial charge is 0.224 e. The molecule has 1 aromatic carbocycles. The first-order valence-corrected chi connectivity index (χ1v) is 7.18. The molecule has 5 nitrogen and oxygen atoms in total. The van der Waals surface area contributed by atoms with Crippen LogP contribution < -0.4 is 10.6 Å². The summed E-state index contributed by atoms with van der Waals surface area (Å²) in [4.78, 5) is 27.1. The molecule has 0 aliphatic rings. The lowest BCUT2D eigenvalue weighted by Gasteiger charge is -2.10. The molecule has 2 amide bonds. The van der Waals surface area contributed by atoms with Crippen molar-refractivity contribution in [3.05, 3.63) is 53.3 Å². The number of benzene rings is 1. The van der Waals surface area contributed by atoms with E-state index in [9.17, 15) is 9.59 Å². The average Bonchev–Trinajstić information content (AvgIpc) is 2.49. The predicted molar refractivity (Wildman–Crippen MR) is 86.9 cm³/mol. The highest BCUT2D eigenvalue weighted by Gasteiger charge is 2.08. The highest BCUT2D eigenvalue weighted by molar-refractivity contribution is 6.33. The highest BCUT2D eigenvalue weighted by Crippen LogP contribution is 2.25. The Morgan fingerprint density at radius 2 is 2.05 bits per heavy atom. The first-order valence-electron chi connectivity index (χ1n) is 6.80. The topological polar surface area (TPSA) is 71.1 Å². The lowest BCUT2D eigenvalue weighted by molar-refractivity contribution is -0.116. The minimum atomic E-state index is -0.184. The lowest BCUT2D eigenvalue weighted by atomic mass is 10.1. The van der Waals surface area contributed by atoms with Gasteiger partial charge in [-0.2, -0.15) is 0 Å². The number of aryl methyl sites for hydroxylation is 1. The summed E-state index contributed by atoms with van der Waals surface area (Å²) in [6, 6.07) is 8.69. The minimum absolute atomic E-state index is 0.147. The Bertz CT molecular complexity index is 674. The van der Waals surface area contributed by atoms with E-state index in [0.29, 0.717) is 29.2 Å². The van der Waals surface area contributed by atoms with Gasteiger partial charge in [-0.1, -0.05) is 17.7 Å². The maximum atomic E-state index is 12.0. The number of carbonyl (C=O) groups is 2. The number of nitrogens with one attached hydrogen (secondary N) is 2. The normalized spacial score (nSPS) is 10.1. The highest BCUT2D eigenvalue weighted by atomic mass is 35.5. The molecule has 0 aliphatic heterocycles. The third kappa shape index (κ3) is 4.86. The second-order valence-electron chi connectivity index (χ2n) is 4.79. The molecule has 0 radical (unpaired) electrons. The molecule has 2 aromatic rings. The Labute approximate surface area is 133 Å². The van der Waals surface area contributed by atoms with Crippen molar-refractivity contribution < 1.29 is 9.59 Å². The maximum absolute atomic E-state index is 12.0. The van der Waals surface area contributed by atoms with E-state index in [1.807, 2.05) is 12.1 Å². The first-order chi connectivity index (χ1) is 10.5. The van der Waals surface area contributed by atoms with Gasteiger partial charge < -0.3 is 10.6 Å². The van der Waals surface area contributed by atoms with Gasteiger partial charge in [-0.15, -0.1) is 0 Å². The standard InChI is InChI=1S/C16H16ClN3O2/c1-11(21)19-13-5-6-14(17)15(9-13)20-16(22)7-4-12-3-2-8-18-10-12/h2-3,5-6,8-10H,4,7H2,1H3,(H,19,21)(H,20,22). The van der Waals surface area contributed by atoms with E-state index < -0.39 is 0 Å². The molecular formula is C16H16ClN3O2. The van der Waals surface area contributed by atoms with E-state index in [1.165, 1.54) is 6.92 Å². The van der Waals surface area contributed by atoms with Crippen LogP contribution in [-0.2, 0) is 16.0 Å². The monoisotopic (exact) mass is 317 g/mol. The summed E-state index contributed by atoms with van der Waals surface area (Å²) in [6.45, 7) is 1.42. The molecule has 0 spiro atoms. The molecule has 0 saturated carbocycles. The lowest BCUT2D eigenvalue weighted by Crippen LogP contribution is -2.13. The summed E-state index contributed by atoms with van der Waals surface area (Å²) in [6.07, 6.45) is 4.35. The number of amides is 2. The van der Waals surface area contributed by atoms with Gasteiger partial charge in [-0.25, -0.2) is 0 Å². The van der Waals surface area contributed by atoms with Crippen molar-refractivity contribution in [1.82, 2.24) is 4.98 Å². The van der Waals surface area contributed by atoms with Crippen LogP contribution in [0.2, 0.25) is 5.02 Å². The molecular weight excluding hydrogens is 302 g/mol. The number of carbonyl (C=O) groups excluding carboxylic acids is 2. The van der Waals surface area contributed by atoms with Crippen LogP contribution in [0.1, 0.15) is 18.9 Å². The van der Waals surface area contributed by atoms with E-state index >= 15 is 0 Å². The zero-order valence-electron chi connectivity index (χ0n) is 12.1. The van der Waals surface area contributed by atoms with E-state index in [1.54, 1.807) is 30.6 Å². The Balaban J connectivity index is 1.97. The quantitative estimate of drug-likeness (QED) is 0.889. The van der Waals surface area contributed by atoms with Gasteiger partial charge in [0.25, 0.3) is 0 Å². The number of rotatable bonds is 5. The summed E-state index contributed by atoms with van der Waals surface area (Å²) >= 11 is 6.06. The van der Waals surface area contributed by atoms with E-state index in [-0.39, 0.29) is 11.8 Å². The zero-order chi connectivity index (χ0) is 15.9. The van der Waals surface area contributed by atoms with Crippen LogP contribution >= 0.6 is 11.6 Å². The number of anilines is 2. The average molecular weight is 318 g/mol. The summed E-state index contributed by atoms with van der Waals surface area (Å²) in [7, 11) is 0. The molecule has 0 unspecified atom stereocenters. The second-order valence-corrected chi connectivity index (χ2v) is 5.19. The molecule has 114 valence electrons. The molecule has 2 rings (SSSR count). The second kappa shape index (κ2) is 7.56. The van der Waals surface area contributed by atoms with Gasteiger partial charge >= 0.3 is 0 Å². The number of nitrogens with zero attached hydrogens (tertiary/aromatic N) is 1. The van der Waals surface area contributed by atoms with Crippen molar-refractivity contribution in [2.45, 2.75) is 19.8 Å². The van der Waals surface area contributed by atoms with Crippen molar-refractivity contribution in [3.63, 3.8) is 0 Å². The van der Waals surface area contributed by atoms with Crippen LogP contribution in [0.25, 0.3) is 0 Å². The first kappa shape index (κ1) is 16.0. The molecule has 1 heterocycles. The molecule has 22 heavy (non-hydrogen) atoms. The Hall–Kier alpha value is -2.40. The van der Waals surface area contributed by atoms with Crippen molar-refractivity contribution >= 4 is 34.8 Å². The molecule has 0 fully saturated rings. The van der Waals surface area contributed by atoms with E-state index in [2.05, 4.69) is 15.6 Å². The largest absolute Gasteiger partial charge is 0.326 e. The molecule has 0 atom stereocenters. The van der Waals surface area contributed by atoms with Crippen molar-refractivity contribution in [3.8, 4) is 0 Å². The summed E-state index contributed by atoms with van der Waals surface area (Å²) in [5.41, 5.74) is 2.05. The van der Waals surface area contributed by atoms with Crippen LogP contribution in [0.3, 0.4) is 0 Å². The zero-order valence-corrected chi connectivity index (χ0v) is 12.9. The van der Waals surface area contributed by atoms with Crippen molar-refractivity contribution in [2.24, 2.45) is 0 Å². The molecule has 0 saturated heterocycles. The Morgan fingerprint density at radius 3 is 2.73 bits per heavy atom. The van der Waals surface area contributed by atoms with Gasteiger partial charge in [0, 0.05) is 31.4 Å². The fraction of sp³-hybridized carbons (Fsp3) is 0.188. The maximum Gasteiger partial charge on any atom is 0.224 e. The predicted octanol–water partition coefficient (Wildman–Crippen LogP) is 3.26. The summed E-state index contributed by atoms with van der Waals surface area (Å²) < 4.78 is 0. The van der Waals surface area contributed by atoms with Crippen LogP contribution in [0.15, 0.2) is 42.7 Å². The number of pyridine rings is 1.